The van der Waals surface area contributed by atoms with Gasteiger partial charge in [0.25, 0.3) is 0 Å². The fraction of sp³-hybridized carbons (Fsp3) is 0.0238. The van der Waals surface area contributed by atoms with Crippen molar-refractivity contribution in [2.24, 2.45) is 0 Å². The molecule has 2 aliphatic heterocycles. The smallest absolute Gasteiger partial charge is 0.147 e. The molecule has 0 spiro atoms. The van der Waals surface area contributed by atoms with Crippen molar-refractivity contribution in [2.45, 2.75) is 6.92 Å². The van der Waals surface area contributed by atoms with E-state index in [0.29, 0.717) is 0 Å². The van der Waals surface area contributed by atoms with E-state index in [-0.39, 0.29) is 0 Å². The van der Waals surface area contributed by atoms with Crippen LogP contribution in [0, 0.1) is 6.92 Å². The van der Waals surface area contributed by atoms with Crippen molar-refractivity contribution in [3.05, 3.63) is 157 Å². The first-order chi connectivity index (χ1) is 22.7. The second-order valence-electron chi connectivity index (χ2n) is 11.7. The van der Waals surface area contributed by atoms with E-state index in [9.17, 15) is 0 Å². The lowest BCUT2D eigenvalue weighted by molar-refractivity contribution is 0.468. The van der Waals surface area contributed by atoms with E-state index in [2.05, 4.69) is 145 Å². The highest BCUT2D eigenvalue weighted by Gasteiger charge is 2.38. The summed E-state index contributed by atoms with van der Waals surface area (Å²) >= 11 is 0. The van der Waals surface area contributed by atoms with Gasteiger partial charge in [-0.3, -0.25) is 4.98 Å². The molecule has 3 nitrogen and oxygen atoms in total. The molecule has 46 heavy (non-hydrogen) atoms. The maximum atomic E-state index is 6.94. The van der Waals surface area contributed by atoms with Gasteiger partial charge in [0.1, 0.15) is 23.0 Å². The van der Waals surface area contributed by atoms with E-state index in [4.69, 9.17) is 9.47 Å². The van der Waals surface area contributed by atoms with E-state index in [1.54, 1.807) is 0 Å². The zero-order chi connectivity index (χ0) is 30.6. The summed E-state index contributed by atoms with van der Waals surface area (Å²) in [5.74, 6) is 3.56. The molecule has 0 amide bonds. The monoisotopic (exact) mass is 609 g/mol. The maximum Gasteiger partial charge on any atom is 0.147 e. The lowest BCUT2D eigenvalue weighted by atomic mass is 9.98. The van der Waals surface area contributed by atoms with Crippen LogP contribution in [0.1, 0.15) is 5.56 Å². The van der Waals surface area contributed by atoms with E-state index in [1.807, 2.05) is 18.5 Å². The minimum absolute atomic E-state index is 0.865. The first-order valence-corrected chi connectivity index (χ1v) is 16.8. The molecule has 0 fully saturated rings. The topological polar surface area (TPSA) is 31.4 Å². The predicted octanol–water partition coefficient (Wildman–Crippen LogP) is 10.0. The molecule has 6 aromatic carbocycles. The van der Waals surface area contributed by atoms with Gasteiger partial charge >= 0.3 is 0 Å². The molecule has 0 radical (unpaired) electrons. The minimum Gasteiger partial charge on any atom is -0.456 e. The number of aryl methyl sites for hydroxylation is 1. The molecule has 0 saturated heterocycles. The SMILES string of the molecule is Cc1cnccc1-c1ccc(-c2ccc3c4c2Oc2cc(-c5ccccc5)ccc2P4c2ccc(-c4ccccc4)cc2O3)cc1. The summed E-state index contributed by atoms with van der Waals surface area (Å²) in [5, 5.41) is 3.56. The van der Waals surface area contributed by atoms with Gasteiger partial charge in [0.15, 0.2) is 0 Å². The fourth-order valence-corrected chi connectivity index (χ4v) is 9.14. The summed E-state index contributed by atoms with van der Waals surface area (Å²) in [6.45, 7) is 2.10. The van der Waals surface area contributed by atoms with Crippen molar-refractivity contribution >= 4 is 23.8 Å². The fourth-order valence-electron chi connectivity index (χ4n) is 6.59. The molecule has 2 aliphatic rings. The normalized spacial score (nSPS) is 13.9. The molecule has 1 aromatic heterocycles. The predicted molar refractivity (Wildman–Crippen MR) is 190 cm³/mol. The van der Waals surface area contributed by atoms with Gasteiger partial charge in [0, 0.05) is 36.5 Å². The summed E-state index contributed by atoms with van der Waals surface area (Å²) in [5.41, 5.74) is 10.3. The number of hydrogen-bond donors (Lipinski definition) is 0. The number of ether oxygens (including phenoxy) is 2. The highest BCUT2D eigenvalue weighted by atomic mass is 31.1. The minimum atomic E-state index is -0.924. The van der Waals surface area contributed by atoms with Crippen LogP contribution in [0.3, 0.4) is 0 Å². The summed E-state index contributed by atoms with van der Waals surface area (Å²) < 4.78 is 13.6. The van der Waals surface area contributed by atoms with Crippen LogP contribution in [-0.4, -0.2) is 4.98 Å². The Kier molecular flexibility index (Phi) is 6.33. The van der Waals surface area contributed by atoms with E-state index in [0.717, 1.165) is 56.1 Å². The summed E-state index contributed by atoms with van der Waals surface area (Å²) in [6.07, 6.45) is 3.76. The molecule has 7 aromatic rings. The van der Waals surface area contributed by atoms with Crippen LogP contribution in [0.4, 0.5) is 0 Å². The first-order valence-electron chi connectivity index (χ1n) is 15.4. The van der Waals surface area contributed by atoms with Gasteiger partial charge in [-0.15, -0.1) is 0 Å². The van der Waals surface area contributed by atoms with Crippen LogP contribution >= 0.6 is 7.92 Å². The number of aromatic nitrogens is 1. The number of rotatable bonds is 4. The molecular weight excluding hydrogens is 581 g/mol. The first kappa shape index (κ1) is 26.9. The Morgan fingerprint density at radius 2 is 1.04 bits per heavy atom. The average Bonchev–Trinajstić information content (AvgIpc) is 3.12. The van der Waals surface area contributed by atoms with Gasteiger partial charge in [-0.1, -0.05) is 97.1 Å². The number of hydrogen-bond acceptors (Lipinski definition) is 3. The molecule has 218 valence electrons. The zero-order valence-corrected chi connectivity index (χ0v) is 26.0. The Hall–Kier alpha value is -5.50. The van der Waals surface area contributed by atoms with Gasteiger partial charge in [0.05, 0.1) is 5.30 Å². The van der Waals surface area contributed by atoms with E-state index < -0.39 is 7.92 Å². The quantitative estimate of drug-likeness (QED) is 0.186. The lowest BCUT2D eigenvalue weighted by Gasteiger charge is -2.36. The van der Waals surface area contributed by atoms with Crippen LogP contribution in [0.15, 0.2) is 152 Å². The molecular formula is C42H28NO2P. The molecule has 0 N–H and O–H groups in total. The Bertz CT molecular complexity index is 2250. The largest absolute Gasteiger partial charge is 0.456 e. The average molecular weight is 610 g/mol. The van der Waals surface area contributed by atoms with Crippen molar-refractivity contribution in [3.8, 4) is 67.5 Å². The van der Waals surface area contributed by atoms with Crippen molar-refractivity contribution in [1.29, 1.82) is 0 Å². The number of benzene rings is 6. The van der Waals surface area contributed by atoms with Gasteiger partial charge < -0.3 is 9.47 Å². The molecule has 3 heterocycles. The summed E-state index contributed by atoms with van der Waals surface area (Å²) in [6, 6.07) is 49.5. The molecule has 0 aliphatic carbocycles. The number of pyridine rings is 1. The van der Waals surface area contributed by atoms with Crippen LogP contribution in [0.25, 0.3) is 44.5 Å². The van der Waals surface area contributed by atoms with Crippen LogP contribution in [0.2, 0.25) is 0 Å². The van der Waals surface area contributed by atoms with E-state index >= 15 is 0 Å². The van der Waals surface area contributed by atoms with Crippen LogP contribution in [0.5, 0.6) is 23.0 Å². The standard InChI is InChI=1S/C42H28NO2P/c1-27-26-43-23-22-34(27)30-12-14-31(15-13-30)35-18-19-36-42-41(35)45-38-25-33(29-10-6-3-7-11-29)17-21-40(38)46(42)39-20-16-32(24-37(39)44-36)28-8-4-2-5-9-28/h2-26H,1H3. The molecule has 0 bridgehead atoms. The third kappa shape index (κ3) is 4.43. The molecule has 0 saturated carbocycles. The van der Waals surface area contributed by atoms with Crippen LogP contribution in [-0.2, 0) is 0 Å². The molecule has 1 atom stereocenters. The molecule has 4 heteroatoms. The van der Waals surface area contributed by atoms with Gasteiger partial charge in [-0.2, -0.15) is 0 Å². The number of fused-ring (bicyclic) bond motifs is 4. The van der Waals surface area contributed by atoms with Gasteiger partial charge in [-0.25, -0.2) is 0 Å². The third-order valence-electron chi connectivity index (χ3n) is 8.89. The Labute approximate surface area is 269 Å². The second kappa shape index (κ2) is 10.8. The Morgan fingerprint density at radius 1 is 0.478 bits per heavy atom. The lowest BCUT2D eigenvalue weighted by Crippen LogP contribution is -2.32. The van der Waals surface area contributed by atoms with Gasteiger partial charge in [-0.05, 0) is 93.9 Å². The highest BCUT2D eigenvalue weighted by Crippen LogP contribution is 2.55. The van der Waals surface area contributed by atoms with Crippen molar-refractivity contribution < 1.29 is 9.47 Å². The summed E-state index contributed by atoms with van der Waals surface area (Å²) in [4.78, 5) is 4.27. The molecule has 9 rings (SSSR count). The Morgan fingerprint density at radius 3 is 1.65 bits per heavy atom. The maximum absolute atomic E-state index is 6.94. The summed E-state index contributed by atoms with van der Waals surface area (Å²) in [7, 11) is -0.924. The van der Waals surface area contributed by atoms with Crippen LogP contribution < -0.4 is 25.4 Å². The van der Waals surface area contributed by atoms with E-state index in [1.165, 1.54) is 32.9 Å². The van der Waals surface area contributed by atoms with Crippen molar-refractivity contribution in [3.63, 3.8) is 0 Å². The number of nitrogens with zero attached hydrogens (tertiary/aromatic N) is 1. The van der Waals surface area contributed by atoms with Gasteiger partial charge in [0.2, 0.25) is 0 Å². The third-order valence-corrected chi connectivity index (χ3v) is 11.5. The highest BCUT2D eigenvalue weighted by molar-refractivity contribution is 7.80. The van der Waals surface area contributed by atoms with Crippen molar-refractivity contribution in [2.75, 3.05) is 0 Å². The molecule has 1 unspecified atom stereocenters. The van der Waals surface area contributed by atoms with Crippen molar-refractivity contribution in [1.82, 2.24) is 4.98 Å². The Balaban J connectivity index is 1.21. The second-order valence-corrected chi connectivity index (χ2v) is 13.8. The zero-order valence-electron chi connectivity index (χ0n) is 25.1.